The summed E-state index contributed by atoms with van der Waals surface area (Å²) in [7, 11) is -3.64. The highest BCUT2D eigenvalue weighted by Gasteiger charge is 2.26. The number of fused-ring (bicyclic) bond motifs is 1. The van der Waals surface area contributed by atoms with Gasteiger partial charge in [-0.05, 0) is 18.2 Å². The van der Waals surface area contributed by atoms with Crippen LogP contribution in [0.2, 0.25) is 0 Å². The number of sulfonamides is 1. The van der Waals surface area contributed by atoms with Crippen molar-refractivity contribution in [3.63, 3.8) is 0 Å². The van der Waals surface area contributed by atoms with Crippen LogP contribution in [-0.4, -0.2) is 49.0 Å². The minimum Gasteiger partial charge on any atom is -0.379 e. The lowest BCUT2D eigenvalue weighted by Gasteiger charge is -2.26. The van der Waals surface area contributed by atoms with Gasteiger partial charge in [-0.15, -0.1) is 0 Å². The first-order valence-corrected chi connectivity index (χ1v) is 7.77. The molecule has 0 radical (unpaired) electrons. The summed E-state index contributed by atoms with van der Waals surface area (Å²) in [6.45, 7) is 1.30. The molecule has 1 saturated heterocycles. The number of nitrogens with one attached hydrogen (secondary N) is 2. The maximum Gasteiger partial charge on any atom is 0.314 e. The van der Waals surface area contributed by atoms with E-state index in [9.17, 15) is 18.0 Å². The molecule has 1 aromatic carbocycles. The van der Waals surface area contributed by atoms with Gasteiger partial charge in [0.25, 0.3) is 0 Å². The van der Waals surface area contributed by atoms with E-state index < -0.39 is 21.1 Å². The average Bonchev–Trinajstić information content (AvgIpc) is 2.49. The summed E-state index contributed by atoms with van der Waals surface area (Å²) < 4.78 is 31.4. The van der Waals surface area contributed by atoms with Crippen molar-refractivity contribution in [1.29, 1.82) is 0 Å². The summed E-state index contributed by atoms with van der Waals surface area (Å²) in [5.41, 5.74) is -0.941. The number of benzene rings is 1. The molecule has 1 aliphatic rings. The van der Waals surface area contributed by atoms with Crippen LogP contribution in [0.3, 0.4) is 0 Å². The third kappa shape index (κ3) is 2.50. The summed E-state index contributed by atoms with van der Waals surface area (Å²) in [6, 6.07) is 4.21. The predicted octanol–water partition coefficient (Wildman–Crippen LogP) is -0.763. The molecule has 1 fully saturated rings. The van der Waals surface area contributed by atoms with Crippen molar-refractivity contribution in [3.05, 3.63) is 38.9 Å². The number of aromatic nitrogens is 2. The summed E-state index contributed by atoms with van der Waals surface area (Å²) in [5.74, 6) is 0. The second kappa shape index (κ2) is 5.10. The van der Waals surface area contributed by atoms with E-state index in [-0.39, 0.29) is 10.4 Å². The van der Waals surface area contributed by atoms with Crippen LogP contribution >= 0.6 is 0 Å². The Kier molecular flexibility index (Phi) is 3.40. The van der Waals surface area contributed by atoms with Gasteiger partial charge >= 0.3 is 11.1 Å². The van der Waals surface area contributed by atoms with Crippen molar-refractivity contribution in [1.82, 2.24) is 14.3 Å². The van der Waals surface area contributed by atoms with Gasteiger partial charge in [0.2, 0.25) is 10.0 Å². The van der Waals surface area contributed by atoms with Crippen LogP contribution in [0.1, 0.15) is 0 Å². The van der Waals surface area contributed by atoms with Crippen molar-refractivity contribution < 1.29 is 13.2 Å². The molecule has 0 spiro atoms. The maximum absolute atomic E-state index is 12.5. The molecular weight excluding hydrogens is 298 g/mol. The molecule has 1 aliphatic heterocycles. The lowest BCUT2D eigenvalue weighted by molar-refractivity contribution is 0.0730. The monoisotopic (exact) mass is 311 g/mol. The van der Waals surface area contributed by atoms with E-state index in [0.29, 0.717) is 31.8 Å². The van der Waals surface area contributed by atoms with Crippen molar-refractivity contribution in [2.45, 2.75) is 4.90 Å². The quantitative estimate of drug-likeness (QED) is 0.708. The van der Waals surface area contributed by atoms with Gasteiger partial charge in [-0.1, -0.05) is 0 Å². The predicted molar refractivity (Wildman–Crippen MR) is 74.8 cm³/mol. The number of ether oxygens (including phenoxy) is 1. The standard InChI is InChI=1S/C12H13N3O5S/c16-11-12(17)14-10-7-8(1-2-9(10)13-11)21(18,19)15-3-5-20-6-4-15/h1-2,7H,3-6H2,(H,13,16)(H,14,17). The number of morpholine rings is 1. The lowest BCUT2D eigenvalue weighted by atomic mass is 10.3. The normalized spacial score (nSPS) is 17.1. The van der Waals surface area contributed by atoms with E-state index in [1.807, 2.05) is 0 Å². The number of hydrogen-bond acceptors (Lipinski definition) is 5. The molecule has 2 N–H and O–H groups in total. The summed E-state index contributed by atoms with van der Waals surface area (Å²) in [5, 5.41) is 0. The first kappa shape index (κ1) is 14.0. The molecule has 0 saturated carbocycles. The number of nitrogens with zero attached hydrogens (tertiary/aromatic N) is 1. The summed E-state index contributed by atoms with van der Waals surface area (Å²) >= 11 is 0. The first-order chi connectivity index (χ1) is 9.98. The Labute approximate surface area is 119 Å². The molecule has 0 atom stereocenters. The van der Waals surface area contributed by atoms with Gasteiger partial charge in [-0.25, -0.2) is 8.42 Å². The summed E-state index contributed by atoms with van der Waals surface area (Å²) in [4.78, 5) is 27.4. The molecule has 21 heavy (non-hydrogen) atoms. The number of H-pyrrole nitrogens is 2. The van der Waals surface area contributed by atoms with Crippen LogP contribution in [0.15, 0.2) is 32.7 Å². The van der Waals surface area contributed by atoms with Crippen molar-refractivity contribution >= 4 is 21.1 Å². The number of aromatic amines is 2. The molecule has 2 heterocycles. The third-order valence-electron chi connectivity index (χ3n) is 3.30. The Balaban J connectivity index is 2.10. The highest BCUT2D eigenvalue weighted by atomic mass is 32.2. The molecule has 2 aromatic rings. The molecule has 0 amide bonds. The Morgan fingerprint density at radius 3 is 2.29 bits per heavy atom. The van der Waals surface area contributed by atoms with Crippen LogP contribution in [0.4, 0.5) is 0 Å². The van der Waals surface area contributed by atoms with Crippen LogP contribution in [0.25, 0.3) is 11.0 Å². The van der Waals surface area contributed by atoms with Gasteiger partial charge in [0.1, 0.15) is 0 Å². The fourth-order valence-electron chi connectivity index (χ4n) is 2.19. The molecule has 0 bridgehead atoms. The van der Waals surface area contributed by atoms with Gasteiger partial charge in [0.05, 0.1) is 29.1 Å². The minimum atomic E-state index is -3.64. The van der Waals surface area contributed by atoms with Crippen LogP contribution in [-0.2, 0) is 14.8 Å². The van der Waals surface area contributed by atoms with E-state index in [2.05, 4.69) is 9.97 Å². The zero-order chi connectivity index (χ0) is 15.0. The SMILES string of the molecule is O=c1[nH]c2ccc(S(=O)(=O)N3CCOCC3)cc2[nH]c1=O. The van der Waals surface area contributed by atoms with Crippen LogP contribution < -0.4 is 11.1 Å². The molecule has 0 unspecified atom stereocenters. The molecule has 3 rings (SSSR count). The van der Waals surface area contributed by atoms with Crippen molar-refractivity contribution in [3.8, 4) is 0 Å². The van der Waals surface area contributed by atoms with E-state index in [4.69, 9.17) is 4.74 Å². The van der Waals surface area contributed by atoms with E-state index in [1.165, 1.54) is 22.5 Å². The fourth-order valence-corrected chi connectivity index (χ4v) is 3.63. The van der Waals surface area contributed by atoms with Crippen LogP contribution in [0.5, 0.6) is 0 Å². The van der Waals surface area contributed by atoms with E-state index >= 15 is 0 Å². The van der Waals surface area contributed by atoms with Crippen molar-refractivity contribution in [2.24, 2.45) is 0 Å². The Morgan fingerprint density at radius 2 is 1.62 bits per heavy atom. The molecule has 8 nitrogen and oxygen atoms in total. The molecule has 112 valence electrons. The Hall–Kier alpha value is -1.97. The highest BCUT2D eigenvalue weighted by Crippen LogP contribution is 2.19. The Bertz CT molecular complexity index is 893. The lowest BCUT2D eigenvalue weighted by Crippen LogP contribution is -2.40. The second-order valence-electron chi connectivity index (χ2n) is 4.63. The minimum absolute atomic E-state index is 0.0691. The zero-order valence-corrected chi connectivity index (χ0v) is 11.8. The van der Waals surface area contributed by atoms with Crippen molar-refractivity contribution in [2.75, 3.05) is 26.3 Å². The molecule has 9 heteroatoms. The average molecular weight is 311 g/mol. The molecule has 1 aromatic heterocycles. The van der Waals surface area contributed by atoms with Crippen LogP contribution in [0, 0.1) is 0 Å². The van der Waals surface area contributed by atoms with Gasteiger partial charge in [0.15, 0.2) is 0 Å². The molecule has 0 aliphatic carbocycles. The smallest absolute Gasteiger partial charge is 0.314 e. The number of rotatable bonds is 2. The van der Waals surface area contributed by atoms with Gasteiger partial charge in [0, 0.05) is 13.1 Å². The second-order valence-corrected chi connectivity index (χ2v) is 6.57. The molecular formula is C12H13N3O5S. The van der Waals surface area contributed by atoms with E-state index in [0.717, 1.165) is 0 Å². The largest absolute Gasteiger partial charge is 0.379 e. The topological polar surface area (TPSA) is 112 Å². The van der Waals surface area contributed by atoms with Gasteiger partial charge < -0.3 is 14.7 Å². The third-order valence-corrected chi connectivity index (χ3v) is 5.20. The maximum atomic E-state index is 12.5. The number of hydrogen-bond donors (Lipinski definition) is 2. The van der Waals surface area contributed by atoms with Gasteiger partial charge in [-0.3, -0.25) is 9.59 Å². The first-order valence-electron chi connectivity index (χ1n) is 6.33. The Morgan fingerprint density at radius 1 is 1.00 bits per heavy atom. The fraction of sp³-hybridized carbons (Fsp3) is 0.333. The van der Waals surface area contributed by atoms with Gasteiger partial charge in [-0.2, -0.15) is 4.31 Å². The van der Waals surface area contributed by atoms with E-state index in [1.54, 1.807) is 0 Å². The highest BCUT2D eigenvalue weighted by molar-refractivity contribution is 7.89. The zero-order valence-electron chi connectivity index (χ0n) is 11.0. The summed E-state index contributed by atoms with van der Waals surface area (Å²) in [6.07, 6.45) is 0.